The number of carbonyl (C=O) groups excluding carboxylic acids is 1. The number of fused-ring (bicyclic) bond motifs is 6. The molecule has 27 atom stereocenters. The van der Waals surface area contributed by atoms with Crippen molar-refractivity contribution in [1.29, 1.82) is 0 Å². The van der Waals surface area contributed by atoms with Gasteiger partial charge in [0.25, 0.3) is 0 Å². The third-order valence-electron chi connectivity index (χ3n) is 24.9. The van der Waals surface area contributed by atoms with Crippen molar-refractivity contribution in [2.75, 3.05) is 31.7 Å². The summed E-state index contributed by atoms with van der Waals surface area (Å²) in [4.78, 5) is 46.4. The monoisotopic (exact) mass is 1120 g/mol. The molecule has 5 heterocycles. The molecule has 20 nitrogen and oxygen atoms in total. The number of aliphatic hydroxyl groups is 8. The van der Waals surface area contributed by atoms with Gasteiger partial charge in [-0.3, -0.25) is 9.59 Å². The number of hydrogen-bond donors (Lipinski definition) is 14. The Balaban J connectivity index is 1.12. The fourth-order valence-electron chi connectivity index (χ4n) is 21.8. The van der Waals surface area contributed by atoms with Gasteiger partial charge in [0.1, 0.15) is 30.4 Å². The van der Waals surface area contributed by atoms with Crippen LogP contribution in [-0.2, 0) is 25.5 Å². The Labute approximate surface area is 472 Å². The molecule has 8 aliphatic carbocycles. The highest BCUT2D eigenvalue weighted by Gasteiger charge is 2.80. The molecule has 81 heavy (non-hydrogen) atoms. The lowest BCUT2D eigenvalue weighted by molar-refractivity contribution is -0.346. The number of carbonyl (C=O) groups is 2. The van der Waals surface area contributed by atoms with E-state index in [0.29, 0.717) is 88.7 Å². The number of aromatic nitrogens is 4. The van der Waals surface area contributed by atoms with Crippen LogP contribution in [0.2, 0.25) is 0 Å². The Bertz CT molecular complexity index is 2970. The molecular formula is C61H83N7O13. The number of imidazole rings is 2. The summed E-state index contributed by atoms with van der Waals surface area (Å²) < 4.78 is 12.9. The van der Waals surface area contributed by atoms with Crippen molar-refractivity contribution in [3.8, 4) is 23.7 Å². The van der Waals surface area contributed by atoms with Crippen LogP contribution in [0.25, 0.3) is 0 Å². The molecule has 2 aromatic heterocycles. The van der Waals surface area contributed by atoms with Crippen LogP contribution in [0.3, 0.4) is 0 Å². The van der Waals surface area contributed by atoms with Crippen LogP contribution < -0.4 is 16.4 Å². The van der Waals surface area contributed by atoms with Crippen molar-refractivity contribution in [1.82, 2.24) is 25.3 Å². The Morgan fingerprint density at radius 1 is 0.938 bits per heavy atom. The molecular weight excluding hydrogens is 1040 g/mol. The van der Waals surface area contributed by atoms with Crippen LogP contribution in [0.4, 0.5) is 5.82 Å². The zero-order valence-electron chi connectivity index (χ0n) is 46.8. The molecule has 0 radical (unpaired) electrons. The fourth-order valence-corrected chi connectivity index (χ4v) is 21.8. The van der Waals surface area contributed by atoms with Gasteiger partial charge in [0.15, 0.2) is 6.29 Å². The van der Waals surface area contributed by atoms with Crippen LogP contribution >= 0.6 is 0 Å². The van der Waals surface area contributed by atoms with Gasteiger partial charge < -0.3 is 81.8 Å². The second-order valence-corrected chi connectivity index (χ2v) is 28.1. The lowest BCUT2D eigenvalue weighted by Gasteiger charge is -2.77. The number of carboxylic acids is 1. The average molecular weight is 1120 g/mol. The summed E-state index contributed by atoms with van der Waals surface area (Å²) in [5, 5.41) is 114. The van der Waals surface area contributed by atoms with Gasteiger partial charge >= 0.3 is 5.97 Å². The molecule has 3 aliphatic heterocycles. The summed E-state index contributed by atoms with van der Waals surface area (Å²) in [6.07, 6.45) is 0.460. The van der Waals surface area contributed by atoms with Gasteiger partial charge in [-0.2, -0.15) is 0 Å². The standard InChI is InChI=1S/C61H83N7O13/c1-55(25-69)16-17-60(54(78)79)34(21-55)32-18-29-10-11-30-8-7-13-59(30)43(45(68-53(59)77)42(37-23-63-27-65-37)38(71)20-41(62)73)31-9-5-6-14-61(32,33-19-36-51(67-28-66-36)64-22-35(33)60)57(3)15-12-40-56(2,26-70)50(47(75)44(31)58(40,4)49(29)57)81-52-48(76)46(74)39(72)24-80-52/h18,23,27-31,33-35,38-50,52,64,69-76H,6-8,12-17,19-22,24-26,62H2,1-4H3,(H,63,65)(H,66,67)(H,68,77)(H,78,79)/t29-,30+,31-,33-,34+,35+,38-,39-,40-,41+,42+,43-,44-,45-,46+,47-,48-,49+,50-,52+,55+,56+,57-,58-,59-,60-,61+/m1/s1. The van der Waals surface area contributed by atoms with Crippen molar-refractivity contribution in [3.63, 3.8) is 0 Å². The number of H-pyrrole nitrogens is 2. The third-order valence-corrected chi connectivity index (χ3v) is 24.9. The molecule has 2 aromatic rings. The smallest absolute Gasteiger partial charge is 0.310 e. The molecule has 1 amide bonds. The topological polar surface area (TPSA) is 342 Å². The fraction of sp³-hybridized carbons (Fsp3) is 0.770. The highest BCUT2D eigenvalue weighted by molar-refractivity contribution is 5.88. The first kappa shape index (κ1) is 55.8. The molecule has 13 rings (SSSR count). The van der Waals surface area contributed by atoms with Crippen molar-refractivity contribution in [2.45, 2.75) is 166 Å². The predicted molar refractivity (Wildman–Crippen MR) is 290 cm³/mol. The zero-order chi connectivity index (χ0) is 57.1. The Kier molecular flexibility index (Phi) is 13.3. The normalized spacial score (nSPS) is 50.0. The summed E-state index contributed by atoms with van der Waals surface area (Å²) >= 11 is 0. The second kappa shape index (κ2) is 19.3. The lowest BCUT2D eigenvalue weighted by Crippen LogP contribution is -2.76. The van der Waals surface area contributed by atoms with E-state index in [1.54, 1.807) is 12.5 Å². The maximum Gasteiger partial charge on any atom is 0.310 e. The second-order valence-electron chi connectivity index (χ2n) is 28.1. The van der Waals surface area contributed by atoms with E-state index in [1.165, 1.54) is 6.33 Å². The number of nitrogens with two attached hydrogens (primary N) is 1. The van der Waals surface area contributed by atoms with Crippen molar-refractivity contribution >= 4 is 17.7 Å². The van der Waals surface area contributed by atoms with Crippen LogP contribution in [0.15, 0.2) is 30.5 Å². The van der Waals surface area contributed by atoms with E-state index in [0.717, 1.165) is 11.3 Å². The zero-order valence-corrected chi connectivity index (χ0v) is 46.8. The number of carboxylic acid groups (broad SMARTS) is 1. The first-order chi connectivity index (χ1) is 38.6. The molecule has 15 N–H and O–H groups in total. The van der Waals surface area contributed by atoms with E-state index in [2.05, 4.69) is 76.1 Å². The van der Waals surface area contributed by atoms with Crippen LogP contribution in [0.1, 0.15) is 116 Å². The van der Waals surface area contributed by atoms with Crippen molar-refractivity contribution < 1.29 is 65.0 Å². The first-order valence-corrected chi connectivity index (χ1v) is 29.9. The molecule has 5 bridgehead atoms. The Hall–Kier alpha value is -4.42. The molecule has 2 spiro atoms. The number of nitrogens with one attached hydrogen (secondary N) is 4. The molecule has 11 aliphatic rings. The maximum absolute atomic E-state index is 15.8. The van der Waals surface area contributed by atoms with Crippen LogP contribution in [0.5, 0.6) is 0 Å². The third kappa shape index (κ3) is 7.37. The summed E-state index contributed by atoms with van der Waals surface area (Å²) in [5.74, 6) is 8.37. The number of nitrogens with zero attached hydrogens (tertiary/aromatic N) is 2. The van der Waals surface area contributed by atoms with Gasteiger partial charge in [-0.1, -0.05) is 63.5 Å². The Morgan fingerprint density at radius 3 is 2.47 bits per heavy atom. The van der Waals surface area contributed by atoms with Gasteiger partial charge in [0.2, 0.25) is 5.91 Å². The number of hydrogen-bond acceptors (Lipinski definition) is 16. The molecule has 0 aromatic carbocycles. The highest BCUT2D eigenvalue weighted by Crippen LogP contribution is 2.82. The van der Waals surface area contributed by atoms with Gasteiger partial charge in [-0.05, 0) is 104 Å². The molecule has 2 saturated heterocycles. The predicted octanol–water partition coefficient (Wildman–Crippen LogP) is 1.75. The minimum Gasteiger partial charge on any atom is -0.481 e. The summed E-state index contributed by atoms with van der Waals surface area (Å²) in [5.41, 5.74) is 1.59. The minimum atomic E-state index is -1.73. The van der Waals surface area contributed by atoms with Crippen LogP contribution in [0, 0.1) is 121 Å². The summed E-state index contributed by atoms with van der Waals surface area (Å²) in [6, 6.07) is -0.886. The van der Waals surface area contributed by atoms with Gasteiger partial charge in [-0.25, -0.2) is 9.97 Å². The number of aromatic amines is 2. The lowest BCUT2D eigenvalue weighted by atomic mass is 9.26. The SMILES string of the molecule is C[C@]1(CO)CC[C@@]2(C(=O)O)[C@@H](C1)C1=C[C@H]3C#C[C@@H]4CCC[C@@]45C(=O)N[C@H]([C@@H](c4cnc[nH]4)[C@H](O)C[C@@H](N)O)[C@H]5[C@H]4C#CCC[C@]1([C@@H]1Cc5[nH]cnc5NC[C@@H]12)[C@]1(C)CC[C@@H]2[C@](C)(CO)[C@H](O[C@@H]5OC[C@@H](O)[C@H](O)[C@H]5O)[C@H](O)[C@@H]4[C@]2(C)[C@@H]31. The first-order valence-electron chi connectivity index (χ1n) is 29.9. The highest BCUT2D eigenvalue weighted by atomic mass is 16.7. The number of amides is 1. The molecule has 5 saturated carbocycles. The summed E-state index contributed by atoms with van der Waals surface area (Å²) in [6.45, 7) is 8.02. The van der Waals surface area contributed by atoms with E-state index >= 15 is 4.79 Å². The maximum atomic E-state index is 15.8. The molecule has 7 fully saturated rings. The van der Waals surface area contributed by atoms with Gasteiger partial charge in [0, 0.05) is 90.3 Å². The number of rotatable bonds is 10. The number of allylic oxidation sites excluding steroid dienone is 2. The number of anilines is 1. The molecule has 440 valence electrons. The molecule has 20 heteroatoms. The quantitative estimate of drug-likeness (QED) is 0.0698. The van der Waals surface area contributed by atoms with E-state index in [1.807, 2.05) is 6.92 Å². The van der Waals surface area contributed by atoms with E-state index in [-0.39, 0.29) is 31.5 Å². The van der Waals surface area contributed by atoms with E-state index < -0.39 is 165 Å². The Morgan fingerprint density at radius 2 is 1.74 bits per heavy atom. The summed E-state index contributed by atoms with van der Waals surface area (Å²) in [7, 11) is 0. The van der Waals surface area contributed by atoms with Gasteiger partial charge in [-0.15, -0.1) is 5.92 Å². The van der Waals surface area contributed by atoms with E-state index in [9.17, 15) is 50.8 Å². The molecule has 0 unspecified atom stereocenters. The number of aliphatic hydroxyl groups excluding tert-OH is 8. The number of aliphatic carboxylic acids is 1. The largest absolute Gasteiger partial charge is 0.481 e. The van der Waals surface area contributed by atoms with E-state index in [4.69, 9.17) is 20.2 Å². The minimum absolute atomic E-state index is 0.111. The average Bonchev–Trinajstić information content (AvgIpc) is 2.20. The van der Waals surface area contributed by atoms with Crippen molar-refractivity contribution in [2.24, 2.45) is 103 Å². The van der Waals surface area contributed by atoms with Crippen LogP contribution in [-0.4, -0.2) is 159 Å². The van der Waals surface area contributed by atoms with Crippen molar-refractivity contribution in [3.05, 3.63) is 41.9 Å². The number of ether oxygens (including phenoxy) is 2. The van der Waals surface area contributed by atoms with Gasteiger partial charge in [0.05, 0.1) is 60.7 Å².